The number of nitrogens with one attached hydrogen (secondary N) is 1. The maximum absolute atomic E-state index is 13.8. The molecule has 4 rings (SSSR count). The van der Waals surface area contributed by atoms with E-state index in [1.807, 2.05) is 54.8 Å². The quantitative estimate of drug-likeness (QED) is 0.384. The number of carbonyl (C=O) groups excluding carboxylic acids is 2. The van der Waals surface area contributed by atoms with E-state index in [9.17, 15) is 22.8 Å². The van der Waals surface area contributed by atoms with E-state index in [-0.39, 0.29) is 23.5 Å². The monoisotopic (exact) mass is 513 g/mol. The van der Waals surface area contributed by atoms with Crippen LogP contribution in [-0.2, 0) is 4.79 Å². The first-order valence-electron chi connectivity index (χ1n) is 12.2. The molecular formula is C27H30F3N5O2. The summed E-state index contributed by atoms with van der Waals surface area (Å²) < 4.78 is 42.8. The van der Waals surface area contributed by atoms with Crippen molar-refractivity contribution in [2.45, 2.75) is 32.2 Å². The Kier molecular flexibility index (Phi) is 7.97. The Labute approximate surface area is 213 Å². The van der Waals surface area contributed by atoms with Gasteiger partial charge in [-0.25, -0.2) is 18.2 Å². The number of rotatable bonds is 6. The predicted octanol–water partition coefficient (Wildman–Crippen LogP) is 4.69. The second-order valence-corrected chi connectivity index (χ2v) is 9.55. The second-order valence-electron chi connectivity index (χ2n) is 9.55. The van der Waals surface area contributed by atoms with Crippen LogP contribution in [-0.4, -0.2) is 64.9 Å². The Morgan fingerprint density at radius 1 is 1.16 bits per heavy atom. The lowest BCUT2D eigenvalue weighted by molar-refractivity contribution is -0.126. The van der Waals surface area contributed by atoms with Crippen molar-refractivity contribution in [2.24, 2.45) is 0 Å². The molecule has 1 atom stereocenters. The zero-order valence-electron chi connectivity index (χ0n) is 21.1. The number of hydrogen-bond acceptors (Lipinski definition) is 4. The van der Waals surface area contributed by atoms with Gasteiger partial charge in [-0.05, 0) is 64.0 Å². The molecule has 0 radical (unpaired) electrons. The number of likely N-dealkylation sites (tertiary alicyclic amines) is 1. The van der Waals surface area contributed by atoms with Gasteiger partial charge in [0.25, 0.3) is 5.91 Å². The molecule has 196 valence electrons. The van der Waals surface area contributed by atoms with Crippen LogP contribution in [0.25, 0.3) is 11.0 Å². The molecule has 0 spiro atoms. The van der Waals surface area contributed by atoms with Crippen LogP contribution in [0.4, 0.5) is 19.1 Å². The van der Waals surface area contributed by atoms with Gasteiger partial charge in [0.15, 0.2) is 17.5 Å². The zero-order valence-corrected chi connectivity index (χ0v) is 21.1. The lowest BCUT2D eigenvalue weighted by Gasteiger charge is -2.26. The fourth-order valence-corrected chi connectivity index (χ4v) is 4.63. The van der Waals surface area contributed by atoms with E-state index in [4.69, 9.17) is 0 Å². The first-order chi connectivity index (χ1) is 17.7. The molecule has 1 saturated heterocycles. The van der Waals surface area contributed by atoms with Crippen LogP contribution in [0.1, 0.15) is 41.2 Å². The molecule has 2 heterocycles. The van der Waals surface area contributed by atoms with Crippen LogP contribution < -0.4 is 5.32 Å². The second kappa shape index (κ2) is 11.2. The number of para-hydroxylation sites is 1. The van der Waals surface area contributed by atoms with E-state index in [1.165, 1.54) is 0 Å². The number of amides is 2. The topological polar surface area (TPSA) is 70.5 Å². The number of nitrogens with zero attached hydrogens (tertiary/aromatic N) is 4. The summed E-state index contributed by atoms with van der Waals surface area (Å²) in [5, 5.41) is 2.66. The number of likely N-dealkylation sites (N-methyl/N-ethyl adjacent to an activating group) is 1. The molecule has 3 aromatic rings. The predicted molar refractivity (Wildman–Crippen MR) is 136 cm³/mol. The van der Waals surface area contributed by atoms with Crippen molar-refractivity contribution in [2.75, 3.05) is 39.0 Å². The molecule has 1 aliphatic rings. The highest BCUT2D eigenvalue weighted by Crippen LogP contribution is 2.32. The Morgan fingerprint density at radius 3 is 2.59 bits per heavy atom. The van der Waals surface area contributed by atoms with Crippen LogP contribution in [0.3, 0.4) is 0 Å². The molecule has 1 fully saturated rings. The van der Waals surface area contributed by atoms with Crippen molar-refractivity contribution in [1.82, 2.24) is 19.4 Å². The van der Waals surface area contributed by atoms with Crippen molar-refractivity contribution in [3.63, 3.8) is 0 Å². The van der Waals surface area contributed by atoms with Crippen molar-refractivity contribution in [3.05, 3.63) is 71.1 Å². The molecule has 2 amide bonds. The van der Waals surface area contributed by atoms with Gasteiger partial charge in [-0.1, -0.05) is 18.2 Å². The molecule has 10 heteroatoms. The van der Waals surface area contributed by atoms with Gasteiger partial charge in [0.1, 0.15) is 0 Å². The van der Waals surface area contributed by atoms with E-state index >= 15 is 0 Å². The molecule has 7 nitrogen and oxygen atoms in total. The number of carbonyl (C=O) groups is 2. The molecular weight excluding hydrogens is 483 g/mol. The van der Waals surface area contributed by atoms with Gasteiger partial charge in [-0.15, -0.1) is 0 Å². The number of aryl methyl sites for hydroxylation is 1. The summed E-state index contributed by atoms with van der Waals surface area (Å²) in [7, 11) is 3.85. The lowest BCUT2D eigenvalue weighted by Crippen LogP contribution is -2.35. The molecule has 0 saturated carbocycles. The summed E-state index contributed by atoms with van der Waals surface area (Å²) in [5.41, 5.74) is 2.00. The maximum Gasteiger partial charge on any atom is 0.258 e. The summed E-state index contributed by atoms with van der Waals surface area (Å²) in [6.45, 7) is 3.60. The zero-order chi connectivity index (χ0) is 26.7. The van der Waals surface area contributed by atoms with Gasteiger partial charge in [0.2, 0.25) is 11.9 Å². The molecule has 0 bridgehead atoms. The minimum atomic E-state index is -1.64. The smallest absolute Gasteiger partial charge is 0.258 e. The summed E-state index contributed by atoms with van der Waals surface area (Å²) in [4.78, 5) is 34.2. The highest BCUT2D eigenvalue weighted by Gasteiger charge is 2.27. The van der Waals surface area contributed by atoms with Crippen LogP contribution in [0.15, 0.2) is 42.5 Å². The van der Waals surface area contributed by atoms with Crippen LogP contribution >= 0.6 is 0 Å². The number of imidazole rings is 1. The molecule has 0 aliphatic carbocycles. The Bertz CT molecular complexity index is 1330. The summed E-state index contributed by atoms with van der Waals surface area (Å²) in [5.74, 6) is -5.24. The van der Waals surface area contributed by atoms with Crippen LogP contribution in [0.2, 0.25) is 0 Å². The lowest BCUT2D eigenvalue weighted by atomic mass is 10.1. The summed E-state index contributed by atoms with van der Waals surface area (Å²) >= 11 is 0. The number of halogens is 3. The van der Waals surface area contributed by atoms with E-state index in [1.54, 1.807) is 11.0 Å². The number of benzene rings is 2. The summed E-state index contributed by atoms with van der Waals surface area (Å²) in [6, 6.07) is 6.70. The van der Waals surface area contributed by atoms with Crippen molar-refractivity contribution in [1.29, 1.82) is 0 Å². The average Bonchev–Trinajstić information content (AvgIpc) is 3.04. The molecule has 1 aliphatic heterocycles. The number of fused-ring (bicyclic) bond motifs is 1. The van der Waals surface area contributed by atoms with Gasteiger partial charge >= 0.3 is 0 Å². The Morgan fingerprint density at radius 2 is 1.89 bits per heavy atom. The largest absolute Gasteiger partial charge is 0.337 e. The van der Waals surface area contributed by atoms with E-state index in [0.29, 0.717) is 37.3 Å². The normalized spacial score (nSPS) is 16.5. The van der Waals surface area contributed by atoms with Crippen LogP contribution in [0.5, 0.6) is 0 Å². The van der Waals surface area contributed by atoms with E-state index < -0.39 is 23.4 Å². The van der Waals surface area contributed by atoms with Gasteiger partial charge in [-0.3, -0.25) is 14.9 Å². The summed E-state index contributed by atoms with van der Waals surface area (Å²) in [6.07, 6.45) is 5.85. The highest BCUT2D eigenvalue weighted by atomic mass is 19.2. The van der Waals surface area contributed by atoms with Gasteiger partial charge in [0, 0.05) is 31.3 Å². The van der Waals surface area contributed by atoms with Gasteiger partial charge < -0.3 is 14.4 Å². The SMILES string of the molecule is Cc1cccc2nc(NC(=O)c3cc(F)c(F)c(F)c3)n(C3CCCCN(C(=O)C=CCN(C)C)C3)c12. The van der Waals surface area contributed by atoms with Crippen LogP contribution in [0, 0.1) is 24.4 Å². The fourth-order valence-electron chi connectivity index (χ4n) is 4.63. The van der Waals surface area contributed by atoms with Crippen molar-refractivity contribution >= 4 is 28.8 Å². The average molecular weight is 514 g/mol. The minimum Gasteiger partial charge on any atom is -0.337 e. The van der Waals surface area contributed by atoms with E-state index in [0.717, 1.165) is 30.3 Å². The standard InChI is InChI=1S/C27H30F3N5O2/c1-17-8-6-10-22-25(17)35(19-9-4-5-13-34(16-19)23(36)11-7-12-33(2)3)27(31-22)32-26(37)18-14-20(28)24(30)21(29)15-18/h6-8,10-11,14-15,19H,4-5,9,12-13,16H2,1-3H3,(H,31,32,37). The molecule has 1 N–H and O–H groups in total. The van der Waals surface area contributed by atoms with Crippen molar-refractivity contribution < 1.29 is 22.8 Å². The van der Waals surface area contributed by atoms with Crippen molar-refractivity contribution in [3.8, 4) is 0 Å². The highest BCUT2D eigenvalue weighted by molar-refractivity contribution is 6.04. The third-order valence-corrected chi connectivity index (χ3v) is 6.44. The minimum absolute atomic E-state index is 0.0854. The van der Waals surface area contributed by atoms with Gasteiger partial charge in [-0.2, -0.15) is 0 Å². The third-order valence-electron chi connectivity index (χ3n) is 6.44. The molecule has 1 unspecified atom stereocenters. The number of anilines is 1. The molecule has 2 aromatic carbocycles. The van der Waals surface area contributed by atoms with Gasteiger partial charge in [0.05, 0.1) is 17.1 Å². The first kappa shape index (κ1) is 26.4. The number of hydrogen-bond donors (Lipinski definition) is 1. The molecule has 1 aromatic heterocycles. The first-order valence-corrected chi connectivity index (χ1v) is 12.2. The van der Waals surface area contributed by atoms with E-state index in [2.05, 4.69) is 10.3 Å². The molecule has 37 heavy (non-hydrogen) atoms. The fraction of sp³-hybridized carbons (Fsp3) is 0.370. The maximum atomic E-state index is 13.8. The number of aromatic nitrogens is 2. The third kappa shape index (κ3) is 5.85. The Balaban J connectivity index is 1.69. The Hall–Kier alpha value is -3.66.